The highest BCUT2D eigenvalue weighted by atomic mass is 16.6. The van der Waals surface area contributed by atoms with Crippen molar-refractivity contribution >= 4 is 5.97 Å². The summed E-state index contributed by atoms with van der Waals surface area (Å²) in [6, 6.07) is 8.39. The topological polar surface area (TPSA) is 35.5 Å². The quantitative estimate of drug-likeness (QED) is 0.683. The maximum atomic E-state index is 11.0. The Balaban J connectivity index is 2.46. The van der Waals surface area contributed by atoms with Gasteiger partial charge in [-0.3, -0.25) is 0 Å². The molecule has 1 radical (unpaired) electrons. The highest BCUT2D eigenvalue weighted by Gasteiger charge is 2.03. The molecule has 0 fully saturated rings. The SMILES string of the molecule is CCOC(=O)COc1ccc[c]c1C. The highest BCUT2D eigenvalue weighted by molar-refractivity contribution is 5.71. The van der Waals surface area contributed by atoms with Gasteiger partial charge in [0.15, 0.2) is 6.61 Å². The Labute approximate surface area is 83.6 Å². The second kappa shape index (κ2) is 5.27. The summed E-state index contributed by atoms with van der Waals surface area (Å²) in [7, 11) is 0. The van der Waals surface area contributed by atoms with Crippen LogP contribution >= 0.6 is 0 Å². The Morgan fingerprint density at radius 1 is 1.57 bits per heavy atom. The molecule has 0 N–H and O–H groups in total. The van der Waals surface area contributed by atoms with E-state index in [0.29, 0.717) is 12.4 Å². The van der Waals surface area contributed by atoms with Crippen molar-refractivity contribution in [3.8, 4) is 5.75 Å². The van der Waals surface area contributed by atoms with Crippen LogP contribution in [-0.2, 0) is 9.53 Å². The maximum absolute atomic E-state index is 11.0. The van der Waals surface area contributed by atoms with E-state index in [2.05, 4.69) is 6.07 Å². The molecule has 1 aromatic rings. The van der Waals surface area contributed by atoms with Crippen molar-refractivity contribution in [3.05, 3.63) is 29.8 Å². The zero-order chi connectivity index (χ0) is 10.4. The standard InChI is InChI=1S/C11H13O3/c1-3-13-11(12)8-14-10-7-5-4-6-9(10)2/h4-5,7H,3,8H2,1-2H3. The van der Waals surface area contributed by atoms with Crippen LogP contribution in [-0.4, -0.2) is 19.2 Å². The first kappa shape index (κ1) is 10.6. The van der Waals surface area contributed by atoms with Gasteiger partial charge in [0.2, 0.25) is 0 Å². The Morgan fingerprint density at radius 3 is 3.00 bits per heavy atom. The smallest absolute Gasteiger partial charge is 0.344 e. The molecule has 75 valence electrons. The summed E-state index contributed by atoms with van der Waals surface area (Å²) < 4.78 is 9.97. The highest BCUT2D eigenvalue weighted by Crippen LogP contribution is 2.15. The van der Waals surface area contributed by atoms with Crippen molar-refractivity contribution in [2.45, 2.75) is 13.8 Å². The third kappa shape index (κ3) is 3.09. The van der Waals surface area contributed by atoms with Crippen LogP contribution in [0, 0.1) is 13.0 Å². The van der Waals surface area contributed by atoms with Crippen LogP contribution in [0.3, 0.4) is 0 Å². The van der Waals surface area contributed by atoms with E-state index >= 15 is 0 Å². The Kier molecular flexibility index (Phi) is 3.98. The minimum Gasteiger partial charge on any atom is -0.482 e. The van der Waals surface area contributed by atoms with Crippen molar-refractivity contribution in [2.75, 3.05) is 13.2 Å². The van der Waals surface area contributed by atoms with Crippen molar-refractivity contribution in [2.24, 2.45) is 0 Å². The van der Waals surface area contributed by atoms with Gasteiger partial charge in [0, 0.05) is 0 Å². The molecule has 0 amide bonds. The fourth-order valence-corrected chi connectivity index (χ4v) is 1.00. The van der Waals surface area contributed by atoms with Gasteiger partial charge in [-0.2, -0.15) is 0 Å². The van der Waals surface area contributed by atoms with E-state index in [-0.39, 0.29) is 12.6 Å². The van der Waals surface area contributed by atoms with Crippen molar-refractivity contribution in [1.82, 2.24) is 0 Å². The lowest BCUT2D eigenvalue weighted by Gasteiger charge is -2.07. The molecule has 3 nitrogen and oxygen atoms in total. The van der Waals surface area contributed by atoms with Gasteiger partial charge >= 0.3 is 5.97 Å². The van der Waals surface area contributed by atoms with Crippen molar-refractivity contribution in [3.63, 3.8) is 0 Å². The monoisotopic (exact) mass is 193 g/mol. The van der Waals surface area contributed by atoms with Gasteiger partial charge in [0.05, 0.1) is 6.61 Å². The molecule has 0 bridgehead atoms. The molecule has 3 heteroatoms. The minimum atomic E-state index is -0.351. The lowest BCUT2D eigenvalue weighted by atomic mass is 10.2. The molecule has 0 aliphatic rings. The molecule has 1 aromatic carbocycles. The molecule has 0 aliphatic heterocycles. The molecular formula is C11H13O3. The Hall–Kier alpha value is -1.51. The number of aryl methyl sites for hydroxylation is 1. The zero-order valence-electron chi connectivity index (χ0n) is 8.37. The molecule has 0 saturated carbocycles. The number of hydrogen-bond acceptors (Lipinski definition) is 3. The summed E-state index contributed by atoms with van der Waals surface area (Å²) in [4.78, 5) is 11.0. The van der Waals surface area contributed by atoms with E-state index in [4.69, 9.17) is 9.47 Å². The average molecular weight is 193 g/mol. The van der Waals surface area contributed by atoms with Gasteiger partial charge in [0.1, 0.15) is 5.75 Å². The number of esters is 1. The number of rotatable bonds is 4. The lowest BCUT2D eigenvalue weighted by Crippen LogP contribution is -2.14. The molecule has 0 saturated heterocycles. The van der Waals surface area contributed by atoms with Crippen molar-refractivity contribution < 1.29 is 14.3 Å². The van der Waals surface area contributed by atoms with E-state index in [1.165, 1.54) is 0 Å². The van der Waals surface area contributed by atoms with Gasteiger partial charge in [-0.25, -0.2) is 4.79 Å². The fraction of sp³-hybridized carbons (Fsp3) is 0.364. The normalized spacial score (nSPS) is 9.57. The van der Waals surface area contributed by atoms with Crippen LogP contribution in [0.15, 0.2) is 18.2 Å². The van der Waals surface area contributed by atoms with Crippen molar-refractivity contribution in [1.29, 1.82) is 0 Å². The predicted molar refractivity (Wildman–Crippen MR) is 52.1 cm³/mol. The number of ether oxygens (including phenoxy) is 2. The third-order valence-corrected chi connectivity index (χ3v) is 1.66. The number of carbonyl (C=O) groups is 1. The maximum Gasteiger partial charge on any atom is 0.344 e. The summed E-state index contributed by atoms with van der Waals surface area (Å²) in [6.07, 6.45) is 0. The molecule has 0 spiro atoms. The van der Waals surface area contributed by atoms with E-state index in [0.717, 1.165) is 5.56 Å². The van der Waals surface area contributed by atoms with Crippen LogP contribution in [0.5, 0.6) is 5.75 Å². The molecule has 0 aromatic heterocycles. The molecular weight excluding hydrogens is 180 g/mol. The summed E-state index contributed by atoms with van der Waals surface area (Å²) >= 11 is 0. The summed E-state index contributed by atoms with van der Waals surface area (Å²) in [6.45, 7) is 3.97. The molecule has 1 rings (SSSR count). The molecule has 0 heterocycles. The molecule has 0 unspecified atom stereocenters. The van der Waals surface area contributed by atoms with Crippen LogP contribution in [0.4, 0.5) is 0 Å². The second-order valence-electron chi connectivity index (χ2n) is 2.75. The fourth-order valence-electron chi connectivity index (χ4n) is 1.00. The van der Waals surface area contributed by atoms with Gasteiger partial charge in [-0.05, 0) is 31.5 Å². The van der Waals surface area contributed by atoms with Crippen LogP contribution < -0.4 is 4.74 Å². The summed E-state index contributed by atoms with van der Waals surface area (Å²) in [5, 5.41) is 0. The first-order valence-corrected chi connectivity index (χ1v) is 4.49. The van der Waals surface area contributed by atoms with Gasteiger partial charge in [0.25, 0.3) is 0 Å². The molecule has 0 aliphatic carbocycles. The molecule has 14 heavy (non-hydrogen) atoms. The first-order chi connectivity index (χ1) is 6.74. The number of benzene rings is 1. The largest absolute Gasteiger partial charge is 0.482 e. The predicted octanol–water partition coefficient (Wildman–Crippen LogP) is 1.74. The van der Waals surface area contributed by atoms with E-state index < -0.39 is 0 Å². The summed E-state index contributed by atoms with van der Waals surface area (Å²) in [5.41, 5.74) is 0.886. The van der Waals surface area contributed by atoms with Crippen LogP contribution in [0.1, 0.15) is 12.5 Å². The zero-order valence-corrected chi connectivity index (χ0v) is 8.37. The lowest BCUT2D eigenvalue weighted by molar-refractivity contribution is -0.145. The van der Waals surface area contributed by atoms with Crippen LogP contribution in [0.25, 0.3) is 0 Å². The van der Waals surface area contributed by atoms with Gasteiger partial charge < -0.3 is 9.47 Å². The van der Waals surface area contributed by atoms with E-state index in [9.17, 15) is 4.79 Å². The third-order valence-electron chi connectivity index (χ3n) is 1.66. The summed E-state index contributed by atoms with van der Waals surface area (Å²) in [5.74, 6) is 0.316. The van der Waals surface area contributed by atoms with Gasteiger partial charge in [-0.1, -0.05) is 12.1 Å². The average Bonchev–Trinajstić information content (AvgIpc) is 2.17. The Morgan fingerprint density at radius 2 is 2.36 bits per heavy atom. The Bertz CT molecular complexity index is 307. The van der Waals surface area contributed by atoms with Crippen LogP contribution in [0.2, 0.25) is 0 Å². The number of hydrogen-bond donors (Lipinski definition) is 0. The van der Waals surface area contributed by atoms with Gasteiger partial charge in [-0.15, -0.1) is 0 Å². The number of carbonyl (C=O) groups excluding carboxylic acids is 1. The van der Waals surface area contributed by atoms with E-state index in [1.54, 1.807) is 19.1 Å². The first-order valence-electron chi connectivity index (χ1n) is 4.49. The second-order valence-corrected chi connectivity index (χ2v) is 2.75. The molecule has 0 atom stereocenters. The minimum absolute atomic E-state index is 0.0491. The van der Waals surface area contributed by atoms with E-state index in [1.807, 2.05) is 13.0 Å².